The van der Waals surface area contributed by atoms with Crippen molar-refractivity contribution in [3.63, 3.8) is 0 Å². The van der Waals surface area contributed by atoms with Crippen LogP contribution in [0, 0.1) is 0 Å². The number of nitrogens with one attached hydrogen (secondary N) is 3. The molecule has 0 bridgehead atoms. The first-order valence-corrected chi connectivity index (χ1v) is 11.7. The fraction of sp³-hybridized carbons (Fsp3) is 0.421. The lowest BCUT2D eigenvalue weighted by Gasteiger charge is -2.24. The molecule has 1 aromatic heterocycles. The predicted octanol–water partition coefficient (Wildman–Crippen LogP) is 2.14. The monoisotopic (exact) mass is 454 g/mol. The van der Waals surface area contributed by atoms with Gasteiger partial charge in [0.2, 0.25) is 5.91 Å². The maximum absolute atomic E-state index is 12.6. The molecular weight excluding hydrogens is 428 g/mol. The van der Waals surface area contributed by atoms with E-state index < -0.39 is 21.6 Å². The first kappa shape index (κ1) is 23.6. The standard InChI is InChI=1S/C19H26N4O5S2/c1-5-9-28-14-7-6-13(11-15(14)30(26,27)23-18(25)20-4)12-16(24)22-19(2,3)17-21-8-10-29-17/h6-8,10-11H,5,9,12H2,1-4H3,(H,22,24)(H2,20,23,25). The number of carbonyl (C=O) groups is 2. The highest BCUT2D eigenvalue weighted by Gasteiger charge is 2.27. The molecule has 0 saturated heterocycles. The third kappa shape index (κ3) is 6.17. The molecule has 3 amide bonds. The maximum atomic E-state index is 12.6. The summed E-state index contributed by atoms with van der Waals surface area (Å²) in [4.78, 5) is 28.1. The average Bonchev–Trinajstić information content (AvgIpc) is 3.22. The predicted molar refractivity (Wildman–Crippen MR) is 114 cm³/mol. The molecule has 3 N–H and O–H groups in total. The molecule has 0 aliphatic rings. The zero-order valence-electron chi connectivity index (χ0n) is 17.3. The Hall–Kier alpha value is -2.66. The Labute approximate surface area is 180 Å². The summed E-state index contributed by atoms with van der Waals surface area (Å²) in [7, 11) is -2.88. The van der Waals surface area contributed by atoms with Gasteiger partial charge in [0.05, 0.1) is 18.6 Å². The summed E-state index contributed by atoms with van der Waals surface area (Å²) >= 11 is 1.43. The minimum Gasteiger partial charge on any atom is -0.492 e. The smallest absolute Gasteiger partial charge is 0.328 e. The minimum absolute atomic E-state index is 0.0502. The molecular formula is C19H26N4O5S2. The van der Waals surface area contributed by atoms with Crippen molar-refractivity contribution in [2.75, 3.05) is 13.7 Å². The number of benzene rings is 1. The second-order valence-electron chi connectivity index (χ2n) is 7.00. The molecule has 1 aromatic carbocycles. The summed E-state index contributed by atoms with van der Waals surface area (Å²) in [6, 6.07) is 3.58. The van der Waals surface area contributed by atoms with Crippen molar-refractivity contribution in [1.29, 1.82) is 0 Å². The fourth-order valence-corrected chi connectivity index (χ4v) is 4.47. The van der Waals surface area contributed by atoms with Crippen LogP contribution in [0.3, 0.4) is 0 Å². The van der Waals surface area contributed by atoms with Gasteiger partial charge in [-0.3, -0.25) is 4.79 Å². The van der Waals surface area contributed by atoms with Crippen molar-refractivity contribution in [3.8, 4) is 5.75 Å². The molecule has 0 saturated carbocycles. The zero-order valence-corrected chi connectivity index (χ0v) is 18.9. The van der Waals surface area contributed by atoms with Crippen molar-refractivity contribution in [3.05, 3.63) is 40.3 Å². The van der Waals surface area contributed by atoms with Crippen LogP contribution in [0.5, 0.6) is 5.75 Å². The molecule has 2 rings (SSSR count). The van der Waals surface area contributed by atoms with Crippen LogP contribution in [0.4, 0.5) is 4.79 Å². The van der Waals surface area contributed by atoms with E-state index >= 15 is 0 Å². The molecule has 11 heteroatoms. The quantitative estimate of drug-likeness (QED) is 0.533. The van der Waals surface area contributed by atoms with Crippen molar-refractivity contribution < 1.29 is 22.7 Å². The molecule has 0 fully saturated rings. The Kier molecular flexibility index (Phi) is 7.79. The third-order valence-electron chi connectivity index (χ3n) is 4.00. The molecule has 30 heavy (non-hydrogen) atoms. The van der Waals surface area contributed by atoms with Crippen molar-refractivity contribution >= 4 is 33.3 Å². The summed E-state index contributed by atoms with van der Waals surface area (Å²) < 4.78 is 32.7. The highest BCUT2D eigenvalue weighted by Crippen LogP contribution is 2.26. The van der Waals surface area contributed by atoms with Crippen LogP contribution in [-0.4, -0.2) is 39.0 Å². The van der Waals surface area contributed by atoms with Gasteiger partial charge in [-0.05, 0) is 38.0 Å². The van der Waals surface area contributed by atoms with E-state index in [0.29, 0.717) is 18.6 Å². The fourth-order valence-electron chi connectivity index (χ4n) is 2.60. The lowest BCUT2D eigenvalue weighted by molar-refractivity contribution is -0.122. The summed E-state index contributed by atoms with van der Waals surface area (Å²) in [6.45, 7) is 5.88. The number of carbonyl (C=O) groups excluding carboxylic acids is 2. The van der Waals surface area contributed by atoms with Crippen molar-refractivity contribution in [2.45, 2.75) is 44.0 Å². The van der Waals surface area contributed by atoms with Crippen LogP contribution in [0.15, 0.2) is 34.7 Å². The second kappa shape index (κ2) is 9.90. The van der Waals surface area contributed by atoms with Gasteiger partial charge in [0, 0.05) is 18.6 Å². The van der Waals surface area contributed by atoms with E-state index in [4.69, 9.17) is 4.74 Å². The number of urea groups is 1. The van der Waals surface area contributed by atoms with E-state index in [1.807, 2.05) is 30.9 Å². The van der Waals surface area contributed by atoms with E-state index in [9.17, 15) is 18.0 Å². The van der Waals surface area contributed by atoms with E-state index in [2.05, 4.69) is 15.6 Å². The largest absolute Gasteiger partial charge is 0.492 e. The zero-order chi connectivity index (χ0) is 22.4. The molecule has 0 unspecified atom stereocenters. The topological polar surface area (TPSA) is 126 Å². The first-order chi connectivity index (χ1) is 14.1. The van der Waals surface area contributed by atoms with Crippen LogP contribution in [0.2, 0.25) is 0 Å². The van der Waals surface area contributed by atoms with Crippen molar-refractivity contribution in [1.82, 2.24) is 20.3 Å². The van der Waals surface area contributed by atoms with E-state index in [1.54, 1.807) is 12.3 Å². The number of thiazole rings is 1. The number of amides is 3. The number of sulfonamides is 1. The highest BCUT2D eigenvalue weighted by molar-refractivity contribution is 7.90. The molecule has 0 aliphatic carbocycles. The van der Waals surface area contributed by atoms with Gasteiger partial charge in [0.25, 0.3) is 10.0 Å². The number of ether oxygens (including phenoxy) is 1. The number of rotatable bonds is 9. The average molecular weight is 455 g/mol. The van der Waals surface area contributed by atoms with Crippen LogP contribution >= 0.6 is 11.3 Å². The number of aromatic nitrogens is 1. The van der Waals surface area contributed by atoms with Gasteiger partial charge < -0.3 is 15.4 Å². The molecule has 0 aliphatic heterocycles. The maximum Gasteiger partial charge on any atom is 0.328 e. The van der Waals surface area contributed by atoms with Gasteiger partial charge in [-0.1, -0.05) is 13.0 Å². The van der Waals surface area contributed by atoms with Crippen molar-refractivity contribution in [2.24, 2.45) is 0 Å². The molecule has 1 heterocycles. The molecule has 9 nitrogen and oxygen atoms in total. The Morgan fingerprint density at radius 1 is 1.27 bits per heavy atom. The van der Waals surface area contributed by atoms with Gasteiger partial charge in [0.15, 0.2) is 0 Å². The summed E-state index contributed by atoms with van der Waals surface area (Å²) in [5.74, 6) is -0.180. The Morgan fingerprint density at radius 2 is 2.00 bits per heavy atom. The molecule has 0 spiro atoms. The SMILES string of the molecule is CCCOc1ccc(CC(=O)NC(C)(C)c2nccs2)cc1S(=O)(=O)NC(=O)NC. The Bertz CT molecular complexity index is 988. The lowest BCUT2D eigenvalue weighted by Crippen LogP contribution is -2.41. The molecule has 0 radical (unpaired) electrons. The summed E-state index contributed by atoms with van der Waals surface area (Å²) in [5, 5.41) is 7.69. The second-order valence-corrected chi connectivity index (χ2v) is 9.55. The van der Waals surface area contributed by atoms with Crippen LogP contribution in [0.25, 0.3) is 0 Å². The summed E-state index contributed by atoms with van der Waals surface area (Å²) in [6.07, 6.45) is 2.29. The van der Waals surface area contributed by atoms with Gasteiger partial charge in [-0.2, -0.15) is 0 Å². The Morgan fingerprint density at radius 3 is 2.60 bits per heavy atom. The summed E-state index contributed by atoms with van der Waals surface area (Å²) in [5.41, 5.74) is -0.200. The number of hydrogen-bond acceptors (Lipinski definition) is 7. The normalized spacial score (nSPS) is 11.6. The molecule has 164 valence electrons. The van der Waals surface area contributed by atoms with Crippen LogP contribution < -0.4 is 20.1 Å². The van der Waals surface area contributed by atoms with E-state index in [1.165, 1.54) is 30.5 Å². The lowest BCUT2D eigenvalue weighted by atomic mass is 10.1. The number of nitrogens with zero attached hydrogens (tertiary/aromatic N) is 1. The van der Waals surface area contributed by atoms with E-state index in [0.717, 1.165) is 5.01 Å². The minimum atomic E-state index is -4.19. The van der Waals surface area contributed by atoms with Gasteiger partial charge >= 0.3 is 6.03 Å². The molecule has 0 atom stereocenters. The third-order valence-corrected chi connectivity index (χ3v) is 6.45. The van der Waals surface area contributed by atoms with E-state index in [-0.39, 0.29) is 23.0 Å². The Balaban J connectivity index is 2.26. The van der Waals surface area contributed by atoms with Gasteiger partial charge in [0.1, 0.15) is 15.7 Å². The van der Waals surface area contributed by atoms with Crippen LogP contribution in [0.1, 0.15) is 37.8 Å². The molecule has 2 aromatic rings. The van der Waals surface area contributed by atoms with Crippen LogP contribution in [-0.2, 0) is 26.8 Å². The van der Waals surface area contributed by atoms with Gasteiger partial charge in [-0.25, -0.2) is 22.9 Å². The first-order valence-electron chi connectivity index (χ1n) is 9.30. The van der Waals surface area contributed by atoms with Gasteiger partial charge in [-0.15, -0.1) is 11.3 Å². The highest BCUT2D eigenvalue weighted by atomic mass is 32.2. The number of hydrogen-bond donors (Lipinski definition) is 3.